The van der Waals surface area contributed by atoms with Crippen molar-refractivity contribution in [1.82, 2.24) is 4.90 Å². The van der Waals surface area contributed by atoms with Crippen molar-refractivity contribution in [2.75, 3.05) is 13.7 Å². The van der Waals surface area contributed by atoms with Gasteiger partial charge >= 0.3 is 23.8 Å². The van der Waals surface area contributed by atoms with Gasteiger partial charge in [-0.3, -0.25) is 4.90 Å². The third-order valence-electron chi connectivity index (χ3n) is 2.43. The Morgan fingerprint density at radius 1 is 1.32 bits per heavy atom. The number of nitrogens with zero attached hydrogens (tertiary/aromatic N) is 1. The molecule has 0 aromatic heterocycles. The van der Waals surface area contributed by atoms with E-state index in [-0.39, 0.29) is 4.90 Å². The van der Waals surface area contributed by atoms with E-state index in [0.29, 0.717) is 0 Å². The summed E-state index contributed by atoms with van der Waals surface area (Å²) in [7, 11) is 0.737. The fraction of sp³-hybridized carbons (Fsp3) is 0.571. The zero-order chi connectivity index (χ0) is 17.8. The number of esters is 1. The zero-order valence-electron chi connectivity index (χ0n) is 12.8. The molecule has 5 nitrogen and oxygen atoms in total. The van der Waals surface area contributed by atoms with Crippen LogP contribution in [0.5, 0.6) is 0 Å². The minimum Gasteiger partial charge on any atom is -0.466 e. The number of alkyl halides is 3. The topological polar surface area (TPSA) is 55.8 Å². The van der Waals surface area contributed by atoms with Crippen LogP contribution in [0.15, 0.2) is 12.7 Å². The summed E-state index contributed by atoms with van der Waals surface area (Å²) in [5.41, 5.74) is -4.68. The quantitative estimate of drug-likeness (QED) is 0.453. The Labute approximate surface area is 127 Å². The first kappa shape index (κ1) is 19.8. The summed E-state index contributed by atoms with van der Waals surface area (Å²) in [4.78, 5) is 23.9. The molecule has 0 fully saturated rings. The fourth-order valence-corrected chi connectivity index (χ4v) is 1.54. The number of hydrogen-bond donors (Lipinski definition) is 0. The summed E-state index contributed by atoms with van der Waals surface area (Å²) in [6.45, 7) is 6.97. The van der Waals surface area contributed by atoms with E-state index in [4.69, 9.17) is 11.2 Å². The molecule has 0 aliphatic heterocycles. The molecule has 0 bridgehead atoms. The number of halogens is 3. The lowest BCUT2D eigenvalue weighted by Crippen LogP contribution is -2.65. The Morgan fingerprint density at radius 2 is 1.82 bits per heavy atom. The molecule has 22 heavy (non-hydrogen) atoms. The molecule has 1 amide bonds. The van der Waals surface area contributed by atoms with Gasteiger partial charge in [0.25, 0.3) is 0 Å². The standard InChI is InChI=1S/C14H18F3NO4/c1-7-9-18(11(20)22-12(3,4)5)13(8-2,10(19)21-6)14(15,16)17/h2,7H,1,9H2,3-6H3. The van der Waals surface area contributed by atoms with Crippen molar-refractivity contribution in [1.29, 1.82) is 0 Å². The number of hydrogen-bond acceptors (Lipinski definition) is 4. The summed E-state index contributed by atoms with van der Waals surface area (Å²) < 4.78 is 49.4. The van der Waals surface area contributed by atoms with Crippen molar-refractivity contribution in [2.45, 2.75) is 38.1 Å². The average molecular weight is 321 g/mol. The predicted molar refractivity (Wildman–Crippen MR) is 72.8 cm³/mol. The Kier molecular flexibility index (Phi) is 6.06. The molecule has 0 radical (unpaired) electrons. The summed E-state index contributed by atoms with van der Waals surface area (Å²) in [6.07, 6.45) is -0.739. The Hall–Kier alpha value is -2.17. The second-order valence-corrected chi connectivity index (χ2v) is 5.22. The van der Waals surface area contributed by atoms with Gasteiger partial charge in [-0.25, -0.2) is 9.59 Å². The Balaban J connectivity index is 6.13. The molecule has 0 spiro atoms. The Bertz CT molecular complexity index is 488. The van der Waals surface area contributed by atoms with Crippen LogP contribution in [0.3, 0.4) is 0 Å². The van der Waals surface area contributed by atoms with E-state index in [2.05, 4.69) is 11.3 Å². The highest BCUT2D eigenvalue weighted by molar-refractivity contribution is 5.90. The van der Waals surface area contributed by atoms with Gasteiger partial charge in [0.1, 0.15) is 5.60 Å². The molecular weight excluding hydrogens is 303 g/mol. The molecule has 0 N–H and O–H groups in total. The van der Waals surface area contributed by atoms with Gasteiger partial charge in [-0.15, -0.1) is 13.0 Å². The van der Waals surface area contributed by atoms with Crippen LogP contribution in [0.25, 0.3) is 0 Å². The number of rotatable bonds is 4. The first-order valence-electron chi connectivity index (χ1n) is 6.11. The first-order valence-corrected chi connectivity index (χ1v) is 6.11. The van der Waals surface area contributed by atoms with Crippen molar-refractivity contribution in [3.05, 3.63) is 12.7 Å². The van der Waals surface area contributed by atoms with Gasteiger partial charge in [-0.2, -0.15) is 13.2 Å². The maximum absolute atomic E-state index is 13.5. The highest BCUT2D eigenvalue weighted by atomic mass is 19.4. The minimum absolute atomic E-state index is 0.0666. The van der Waals surface area contributed by atoms with Crippen molar-refractivity contribution in [3.8, 4) is 12.3 Å². The molecule has 0 saturated heterocycles. The highest BCUT2D eigenvalue weighted by Crippen LogP contribution is 2.37. The first-order chi connectivity index (χ1) is 9.87. The van der Waals surface area contributed by atoms with E-state index in [1.165, 1.54) is 26.7 Å². The van der Waals surface area contributed by atoms with Crippen molar-refractivity contribution in [2.24, 2.45) is 0 Å². The predicted octanol–water partition coefficient (Wildman–Crippen LogP) is 2.52. The molecule has 0 aromatic rings. The molecule has 0 aliphatic rings. The molecule has 0 aromatic carbocycles. The van der Waals surface area contributed by atoms with Gasteiger partial charge in [-0.1, -0.05) is 12.0 Å². The number of terminal acetylenes is 1. The van der Waals surface area contributed by atoms with Crippen LogP contribution in [-0.4, -0.2) is 47.9 Å². The van der Waals surface area contributed by atoms with Gasteiger partial charge in [0.05, 0.1) is 7.11 Å². The van der Waals surface area contributed by atoms with E-state index in [9.17, 15) is 22.8 Å². The van der Waals surface area contributed by atoms with Crippen molar-refractivity contribution >= 4 is 12.1 Å². The van der Waals surface area contributed by atoms with Crippen molar-refractivity contribution < 1.29 is 32.2 Å². The van der Waals surface area contributed by atoms with Crippen LogP contribution < -0.4 is 0 Å². The number of ether oxygens (including phenoxy) is 2. The smallest absolute Gasteiger partial charge is 0.434 e. The van der Waals surface area contributed by atoms with E-state index in [1.54, 1.807) is 0 Å². The molecule has 124 valence electrons. The second-order valence-electron chi connectivity index (χ2n) is 5.22. The lowest BCUT2D eigenvalue weighted by molar-refractivity contribution is -0.218. The van der Waals surface area contributed by atoms with Crippen molar-refractivity contribution in [3.63, 3.8) is 0 Å². The SMILES string of the molecule is C#CC(C(=O)OC)(N(CC=C)C(=O)OC(C)(C)C)C(F)(F)F. The monoisotopic (exact) mass is 321 g/mol. The Morgan fingerprint density at radius 3 is 2.09 bits per heavy atom. The summed E-state index contributed by atoms with van der Waals surface area (Å²) in [5.74, 6) is -0.474. The van der Waals surface area contributed by atoms with Gasteiger partial charge in [-0.05, 0) is 20.8 Å². The average Bonchev–Trinajstić information content (AvgIpc) is 2.34. The minimum atomic E-state index is -5.27. The van der Waals surface area contributed by atoms with Crippen LogP contribution in [0.2, 0.25) is 0 Å². The zero-order valence-corrected chi connectivity index (χ0v) is 12.8. The molecule has 8 heteroatoms. The van der Waals surface area contributed by atoms with Gasteiger partial charge in [0.15, 0.2) is 0 Å². The molecule has 1 atom stereocenters. The normalized spacial score (nSPS) is 14.3. The van der Waals surface area contributed by atoms with E-state index in [0.717, 1.165) is 13.2 Å². The summed E-state index contributed by atoms with van der Waals surface area (Å²) >= 11 is 0. The fourth-order valence-electron chi connectivity index (χ4n) is 1.54. The molecule has 0 heterocycles. The molecule has 0 rings (SSSR count). The lowest BCUT2D eigenvalue weighted by atomic mass is 9.97. The largest absolute Gasteiger partial charge is 0.466 e. The lowest BCUT2D eigenvalue weighted by Gasteiger charge is -2.38. The maximum atomic E-state index is 13.5. The summed E-state index contributed by atoms with van der Waals surface area (Å²) in [5, 5.41) is 0. The van der Waals surface area contributed by atoms with E-state index < -0.39 is 35.9 Å². The van der Waals surface area contributed by atoms with Crippen LogP contribution in [0.4, 0.5) is 18.0 Å². The number of amides is 1. The van der Waals surface area contributed by atoms with Crippen LogP contribution in [-0.2, 0) is 14.3 Å². The number of methoxy groups -OCH3 is 1. The third kappa shape index (κ3) is 3.93. The summed E-state index contributed by atoms with van der Waals surface area (Å²) in [6, 6.07) is 0. The van der Waals surface area contributed by atoms with E-state index in [1.807, 2.05) is 0 Å². The highest BCUT2D eigenvalue weighted by Gasteiger charge is 2.66. The third-order valence-corrected chi connectivity index (χ3v) is 2.43. The number of carbonyl (C=O) groups is 2. The molecular formula is C14H18F3NO4. The molecule has 0 saturated carbocycles. The second kappa shape index (κ2) is 6.73. The number of carbonyl (C=O) groups excluding carboxylic acids is 2. The maximum Gasteiger partial charge on any atom is 0.434 e. The van der Waals surface area contributed by atoms with Gasteiger partial charge in [0, 0.05) is 6.54 Å². The van der Waals surface area contributed by atoms with Gasteiger partial charge in [0.2, 0.25) is 0 Å². The van der Waals surface area contributed by atoms with Crippen LogP contribution in [0, 0.1) is 12.3 Å². The van der Waals surface area contributed by atoms with Crippen LogP contribution in [0.1, 0.15) is 20.8 Å². The molecule has 0 aliphatic carbocycles. The molecule has 1 unspecified atom stereocenters. The van der Waals surface area contributed by atoms with E-state index >= 15 is 0 Å². The van der Waals surface area contributed by atoms with Gasteiger partial charge < -0.3 is 9.47 Å². The van der Waals surface area contributed by atoms with Crippen LogP contribution >= 0.6 is 0 Å².